The van der Waals surface area contributed by atoms with Gasteiger partial charge in [-0.25, -0.2) is 0 Å². The lowest BCUT2D eigenvalue weighted by molar-refractivity contribution is -0.133. The number of rotatable bonds is 3. The van der Waals surface area contributed by atoms with Gasteiger partial charge in [0.2, 0.25) is 5.91 Å². The Morgan fingerprint density at radius 2 is 2.19 bits per heavy atom. The van der Waals surface area contributed by atoms with E-state index in [2.05, 4.69) is 30.3 Å². The lowest BCUT2D eigenvalue weighted by atomic mass is 9.78. The summed E-state index contributed by atoms with van der Waals surface area (Å²) in [5, 5.41) is 8.98. The fraction of sp³-hybridized carbons (Fsp3) is 0.556. The first kappa shape index (κ1) is 12.9. The summed E-state index contributed by atoms with van der Waals surface area (Å²) >= 11 is 0. The fourth-order valence-corrected chi connectivity index (χ4v) is 4.21. The third-order valence-electron chi connectivity index (χ3n) is 5.51. The maximum Gasteiger partial charge on any atom is 0.227 e. The first-order valence-corrected chi connectivity index (χ1v) is 8.02. The molecule has 0 N–H and O–H groups in total. The van der Waals surface area contributed by atoms with Gasteiger partial charge in [-0.3, -0.25) is 4.79 Å². The van der Waals surface area contributed by atoms with Crippen molar-refractivity contribution in [3.63, 3.8) is 0 Å². The number of fused-ring (bicyclic) bond motifs is 2. The molecule has 0 radical (unpaired) electrons. The highest BCUT2D eigenvalue weighted by molar-refractivity contribution is 5.85. The van der Waals surface area contributed by atoms with E-state index in [0.717, 1.165) is 32.1 Å². The first-order chi connectivity index (χ1) is 10.3. The van der Waals surface area contributed by atoms with Crippen LogP contribution in [0.15, 0.2) is 24.3 Å². The van der Waals surface area contributed by atoms with Gasteiger partial charge in [-0.15, -0.1) is 0 Å². The molecule has 0 bridgehead atoms. The molecule has 1 aromatic rings. The van der Waals surface area contributed by atoms with Crippen molar-refractivity contribution >= 4 is 5.91 Å². The minimum absolute atomic E-state index is 0.0918. The maximum atomic E-state index is 12.8. The highest BCUT2D eigenvalue weighted by Gasteiger charge is 2.61. The number of nitrogens with zero attached hydrogens (tertiary/aromatic N) is 2. The minimum atomic E-state index is 0.0918. The maximum absolute atomic E-state index is 12.8. The second-order valence-electron chi connectivity index (χ2n) is 6.78. The molecule has 1 aromatic carbocycles. The van der Waals surface area contributed by atoms with Crippen LogP contribution in [0, 0.1) is 17.2 Å². The summed E-state index contributed by atoms with van der Waals surface area (Å²) in [5.41, 5.74) is 2.92. The molecule has 3 nitrogen and oxygen atoms in total. The Hall–Kier alpha value is -1.82. The Morgan fingerprint density at radius 3 is 2.95 bits per heavy atom. The number of carbonyl (C=O) groups is 1. The monoisotopic (exact) mass is 280 g/mol. The molecule has 3 aliphatic rings. The van der Waals surface area contributed by atoms with Crippen molar-refractivity contribution < 1.29 is 4.79 Å². The molecule has 2 fully saturated rings. The van der Waals surface area contributed by atoms with E-state index in [-0.39, 0.29) is 23.8 Å². The van der Waals surface area contributed by atoms with Crippen LogP contribution in [0.5, 0.6) is 0 Å². The van der Waals surface area contributed by atoms with E-state index in [1.165, 1.54) is 17.5 Å². The van der Waals surface area contributed by atoms with Gasteiger partial charge < -0.3 is 4.90 Å². The number of amides is 1. The Bertz CT molecular complexity index is 628. The van der Waals surface area contributed by atoms with Crippen LogP contribution in [-0.2, 0) is 16.6 Å². The Kier molecular flexibility index (Phi) is 2.82. The van der Waals surface area contributed by atoms with Crippen LogP contribution in [0.2, 0.25) is 0 Å². The Labute approximate surface area is 125 Å². The third-order valence-corrected chi connectivity index (χ3v) is 5.51. The van der Waals surface area contributed by atoms with Crippen molar-refractivity contribution in [1.82, 2.24) is 4.90 Å². The van der Waals surface area contributed by atoms with Gasteiger partial charge >= 0.3 is 0 Å². The van der Waals surface area contributed by atoms with Gasteiger partial charge in [0.25, 0.3) is 0 Å². The summed E-state index contributed by atoms with van der Waals surface area (Å²) in [6, 6.07) is 11.1. The molecule has 2 atom stereocenters. The summed E-state index contributed by atoms with van der Waals surface area (Å²) in [6.45, 7) is 0.262. The summed E-state index contributed by atoms with van der Waals surface area (Å²) < 4.78 is 0. The molecule has 1 spiro atoms. The van der Waals surface area contributed by atoms with Gasteiger partial charge in [0.1, 0.15) is 6.54 Å². The van der Waals surface area contributed by atoms with Gasteiger partial charge in [-0.1, -0.05) is 24.3 Å². The molecule has 4 rings (SSSR count). The number of carbonyl (C=O) groups excluding carboxylic acids is 1. The Balaban J connectivity index is 1.60. The SMILES string of the molecule is N#CCN(C(=O)[C@H]1C[C@]12CCCc1ccccc12)C1CC1. The molecular formula is C18H20N2O. The largest absolute Gasteiger partial charge is 0.326 e. The molecule has 3 heteroatoms. The Morgan fingerprint density at radius 1 is 1.38 bits per heavy atom. The van der Waals surface area contributed by atoms with Crippen LogP contribution >= 0.6 is 0 Å². The summed E-state index contributed by atoms with van der Waals surface area (Å²) in [6.07, 6.45) is 6.59. The zero-order valence-electron chi connectivity index (χ0n) is 12.2. The second kappa shape index (κ2) is 4.59. The average Bonchev–Trinajstić information content (AvgIpc) is 3.40. The number of aryl methyl sites for hydroxylation is 1. The smallest absolute Gasteiger partial charge is 0.227 e. The third kappa shape index (κ3) is 1.97. The molecule has 1 amide bonds. The molecule has 0 saturated heterocycles. The van der Waals surface area contributed by atoms with Gasteiger partial charge in [0.15, 0.2) is 0 Å². The van der Waals surface area contributed by atoms with Crippen LogP contribution in [0.4, 0.5) is 0 Å². The van der Waals surface area contributed by atoms with E-state index >= 15 is 0 Å². The zero-order chi connectivity index (χ0) is 14.4. The van der Waals surface area contributed by atoms with Crippen molar-refractivity contribution in [2.45, 2.75) is 50.0 Å². The molecule has 2 saturated carbocycles. The summed E-state index contributed by atoms with van der Waals surface area (Å²) in [4.78, 5) is 14.7. The van der Waals surface area contributed by atoms with Crippen LogP contribution in [0.3, 0.4) is 0 Å². The fourth-order valence-electron chi connectivity index (χ4n) is 4.21. The van der Waals surface area contributed by atoms with Gasteiger partial charge in [0, 0.05) is 17.4 Å². The minimum Gasteiger partial charge on any atom is -0.326 e. The molecule has 3 aliphatic carbocycles. The van der Waals surface area contributed by atoms with Crippen LogP contribution in [0.25, 0.3) is 0 Å². The first-order valence-electron chi connectivity index (χ1n) is 8.02. The molecule has 0 aliphatic heterocycles. The van der Waals surface area contributed by atoms with Crippen molar-refractivity contribution in [2.24, 2.45) is 5.92 Å². The normalized spacial score (nSPS) is 29.6. The zero-order valence-corrected chi connectivity index (χ0v) is 12.2. The van der Waals surface area contributed by atoms with Crippen molar-refractivity contribution in [3.8, 4) is 6.07 Å². The van der Waals surface area contributed by atoms with E-state index < -0.39 is 0 Å². The second-order valence-corrected chi connectivity index (χ2v) is 6.78. The van der Waals surface area contributed by atoms with Gasteiger partial charge in [-0.05, 0) is 49.7 Å². The van der Waals surface area contributed by atoms with E-state index in [1.54, 1.807) is 0 Å². The van der Waals surface area contributed by atoms with Crippen molar-refractivity contribution in [1.29, 1.82) is 5.26 Å². The average molecular weight is 280 g/mol. The molecular weight excluding hydrogens is 260 g/mol. The molecule has 0 heterocycles. The van der Waals surface area contributed by atoms with E-state index in [0.29, 0.717) is 6.04 Å². The quantitative estimate of drug-likeness (QED) is 0.799. The van der Waals surface area contributed by atoms with E-state index in [9.17, 15) is 4.79 Å². The number of benzene rings is 1. The predicted molar refractivity (Wildman–Crippen MR) is 79.5 cm³/mol. The van der Waals surface area contributed by atoms with Gasteiger partial charge in [-0.2, -0.15) is 5.26 Å². The van der Waals surface area contributed by atoms with E-state index in [4.69, 9.17) is 5.26 Å². The van der Waals surface area contributed by atoms with Crippen molar-refractivity contribution in [3.05, 3.63) is 35.4 Å². The van der Waals surface area contributed by atoms with E-state index in [1.807, 2.05) is 4.90 Å². The van der Waals surface area contributed by atoms with Crippen LogP contribution in [0.1, 0.15) is 43.2 Å². The number of nitriles is 1. The number of hydrogen-bond donors (Lipinski definition) is 0. The predicted octanol–water partition coefficient (Wildman–Crippen LogP) is 2.80. The standard InChI is InChI=1S/C18H20N2O/c19-10-11-20(14-7-8-14)17(21)16-12-18(16)9-3-5-13-4-1-2-6-15(13)18/h1-2,4,6,14,16H,3,5,7-9,11-12H2/t16-,18+/m1/s1. The highest BCUT2D eigenvalue weighted by Crippen LogP contribution is 2.61. The summed E-state index contributed by atoms with van der Waals surface area (Å²) in [7, 11) is 0. The lowest BCUT2D eigenvalue weighted by Crippen LogP contribution is -2.37. The van der Waals surface area contributed by atoms with Crippen LogP contribution < -0.4 is 0 Å². The van der Waals surface area contributed by atoms with Crippen LogP contribution in [-0.4, -0.2) is 23.4 Å². The lowest BCUT2D eigenvalue weighted by Gasteiger charge is -2.28. The van der Waals surface area contributed by atoms with Crippen molar-refractivity contribution in [2.75, 3.05) is 6.54 Å². The molecule has 108 valence electrons. The summed E-state index contributed by atoms with van der Waals surface area (Å²) in [5.74, 6) is 0.351. The van der Waals surface area contributed by atoms with Gasteiger partial charge in [0.05, 0.1) is 6.07 Å². The topological polar surface area (TPSA) is 44.1 Å². The highest BCUT2D eigenvalue weighted by atomic mass is 16.2. The molecule has 21 heavy (non-hydrogen) atoms. The number of hydrogen-bond acceptors (Lipinski definition) is 2. The molecule has 0 unspecified atom stereocenters. The molecule has 0 aromatic heterocycles.